The lowest BCUT2D eigenvalue weighted by Crippen LogP contribution is -2.49. The Labute approximate surface area is 182 Å². The van der Waals surface area contributed by atoms with E-state index in [9.17, 15) is 17.6 Å². The summed E-state index contributed by atoms with van der Waals surface area (Å²) < 4.78 is 40.7. The van der Waals surface area contributed by atoms with Gasteiger partial charge in [-0.05, 0) is 86.1 Å². The van der Waals surface area contributed by atoms with Gasteiger partial charge >= 0.3 is 0 Å². The summed E-state index contributed by atoms with van der Waals surface area (Å²) in [5, 5.41) is 0. The molecular weight excluding hydrogens is 415 g/mol. The first-order valence-corrected chi connectivity index (χ1v) is 12.6. The molecule has 0 spiro atoms. The number of likely N-dealkylation sites (tertiary alicyclic amines) is 1. The Hall–Kier alpha value is -2.41. The predicted molar refractivity (Wildman–Crippen MR) is 117 cm³/mol. The normalized spacial score (nSPS) is 23.4. The van der Waals surface area contributed by atoms with Crippen LogP contribution in [0.3, 0.4) is 0 Å². The van der Waals surface area contributed by atoms with Crippen molar-refractivity contribution in [2.24, 2.45) is 5.92 Å². The molecule has 2 atom stereocenters. The zero-order valence-electron chi connectivity index (χ0n) is 17.5. The molecule has 0 aromatic heterocycles. The highest BCUT2D eigenvalue weighted by Gasteiger charge is 2.37. The van der Waals surface area contributed by atoms with Crippen LogP contribution in [0.5, 0.6) is 0 Å². The molecule has 2 aliphatic heterocycles. The van der Waals surface area contributed by atoms with Gasteiger partial charge in [0.2, 0.25) is 0 Å². The van der Waals surface area contributed by atoms with Crippen LogP contribution in [0.1, 0.15) is 54.4 Å². The zero-order chi connectivity index (χ0) is 21.6. The number of nitrogens with zero attached hydrogens (tertiary/aromatic N) is 2. The van der Waals surface area contributed by atoms with Crippen LogP contribution in [0.2, 0.25) is 0 Å². The summed E-state index contributed by atoms with van der Waals surface area (Å²) in [6.45, 7) is 1.13. The van der Waals surface area contributed by atoms with Crippen molar-refractivity contribution >= 4 is 21.6 Å². The molecular formula is C24H27FN2O3S. The SMILES string of the molecule is O=C(c1ccc2c(c1)CCN2S(=O)(=O)c1ccc(F)cc1)N1CCC[C@H]2CCCC[C@H]21. The molecule has 2 heterocycles. The number of rotatable bonds is 3. The molecule has 5 rings (SSSR count). The molecule has 1 aliphatic carbocycles. The smallest absolute Gasteiger partial charge is 0.264 e. The van der Waals surface area contributed by atoms with Gasteiger partial charge in [-0.3, -0.25) is 9.10 Å². The summed E-state index contributed by atoms with van der Waals surface area (Å²) >= 11 is 0. The van der Waals surface area contributed by atoms with Gasteiger partial charge in [0.15, 0.2) is 0 Å². The molecule has 7 heteroatoms. The summed E-state index contributed by atoms with van der Waals surface area (Å²) in [4.78, 5) is 15.5. The third-order valence-electron chi connectivity index (χ3n) is 7.09. The topological polar surface area (TPSA) is 57.7 Å². The molecule has 0 N–H and O–H groups in total. The highest BCUT2D eigenvalue weighted by atomic mass is 32.2. The first kappa shape index (κ1) is 20.5. The van der Waals surface area contributed by atoms with Crippen molar-refractivity contribution in [1.82, 2.24) is 4.90 Å². The lowest BCUT2D eigenvalue weighted by molar-refractivity contribution is 0.0390. The number of hydrogen-bond donors (Lipinski definition) is 0. The Kier molecular flexibility index (Phi) is 5.24. The number of anilines is 1. The maximum atomic E-state index is 13.3. The van der Waals surface area contributed by atoms with Gasteiger partial charge in [0, 0.05) is 24.7 Å². The molecule has 2 fully saturated rings. The van der Waals surface area contributed by atoms with E-state index in [4.69, 9.17) is 0 Å². The maximum absolute atomic E-state index is 13.3. The lowest BCUT2D eigenvalue weighted by atomic mass is 9.78. The van der Waals surface area contributed by atoms with E-state index >= 15 is 0 Å². The second-order valence-corrected chi connectivity index (χ2v) is 10.7. The van der Waals surface area contributed by atoms with Crippen molar-refractivity contribution in [3.8, 4) is 0 Å². The minimum atomic E-state index is -3.77. The average molecular weight is 443 g/mol. The van der Waals surface area contributed by atoms with Crippen LogP contribution < -0.4 is 4.31 Å². The van der Waals surface area contributed by atoms with Crippen LogP contribution in [0.25, 0.3) is 0 Å². The van der Waals surface area contributed by atoms with E-state index in [0.717, 1.165) is 37.1 Å². The molecule has 2 aromatic rings. The van der Waals surface area contributed by atoms with Crippen molar-refractivity contribution in [1.29, 1.82) is 0 Å². The predicted octanol–water partition coefficient (Wildman–Crippen LogP) is 4.37. The summed E-state index contributed by atoms with van der Waals surface area (Å²) in [6.07, 6.45) is 7.59. The van der Waals surface area contributed by atoms with Gasteiger partial charge in [0.1, 0.15) is 5.82 Å². The number of hydrogen-bond acceptors (Lipinski definition) is 3. The largest absolute Gasteiger partial charge is 0.335 e. The fourth-order valence-corrected chi connectivity index (χ4v) is 7.03. The van der Waals surface area contributed by atoms with Crippen LogP contribution in [0.4, 0.5) is 10.1 Å². The van der Waals surface area contributed by atoms with Crippen molar-refractivity contribution in [3.05, 3.63) is 59.4 Å². The van der Waals surface area contributed by atoms with Crippen molar-refractivity contribution < 1.29 is 17.6 Å². The van der Waals surface area contributed by atoms with Crippen LogP contribution in [-0.2, 0) is 16.4 Å². The van der Waals surface area contributed by atoms with Crippen LogP contribution in [0, 0.1) is 11.7 Å². The second-order valence-electron chi connectivity index (χ2n) is 8.88. The molecule has 1 saturated heterocycles. The number of benzene rings is 2. The Morgan fingerprint density at radius 3 is 2.48 bits per heavy atom. The first-order valence-electron chi connectivity index (χ1n) is 11.2. The van der Waals surface area contributed by atoms with E-state index in [0.29, 0.717) is 36.2 Å². The molecule has 31 heavy (non-hydrogen) atoms. The molecule has 0 bridgehead atoms. The zero-order valence-corrected chi connectivity index (χ0v) is 18.3. The summed E-state index contributed by atoms with van der Waals surface area (Å²) in [5.74, 6) is 0.221. The Bertz CT molecular complexity index is 1100. The average Bonchev–Trinajstić information content (AvgIpc) is 3.23. The standard InChI is InChI=1S/C24H27FN2O3S/c25-20-8-10-21(11-9-20)31(29,30)27-15-13-18-16-19(7-12-23(18)27)24(28)26-14-3-5-17-4-1-2-6-22(17)26/h7-12,16-17,22H,1-6,13-15H2/t17-,22-/m1/s1. The van der Waals surface area contributed by atoms with Crippen molar-refractivity contribution in [2.75, 3.05) is 17.4 Å². The van der Waals surface area contributed by atoms with Crippen molar-refractivity contribution in [3.63, 3.8) is 0 Å². The van der Waals surface area contributed by atoms with Crippen LogP contribution in [0.15, 0.2) is 47.4 Å². The number of halogens is 1. The molecule has 164 valence electrons. The van der Waals surface area contributed by atoms with Gasteiger partial charge < -0.3 is 4.90 Å². The number of fused-ring (bicyclic) bond motifs is 2. The number of amides is 1. The monoisotopic (exact) mass is 442 g/mol. The van der Waals surface area contributed by atoms with Gasteiger partial charge in [-0.15, -0.1) is 0 Å². The van der Waals surface area contributed by atoms with Gasteiger partial charge in [-0.25, -0.2) is 12.8 Å². The van der Waals surface area contributed by atoms with Gasteiger partial charge in [0.05, 0.1) is 10.6 Å². The van der Waals surface area contributed by atoms with E-state index < -0.39 is 15.8 Å². The molecule has 3 aliphatic rings. The molecule has 1 saturated carbocycles. The Morgan fingerprint density at radius 1 is 0.935 bits per heavy atom. The maximum Gasteiger partial charge on any atom is 0.264 e. The number of carbonyl (C=O) groups excluding carboxylic acids is 1. The van der Waals surface area contributed by atoms with Gasteiger partial charge in [0.25, 0.3) is 15.9 Å². The molecule has 0 unspecified atom stereocenters. The number of carbonyl (C=O) groups is 1. The molecule has 2 aromatic carbocycles. The minimum Gasteiger partial charge on any atom is -0.335 e. The van der Waals surface area contributed by atoms with E-state index in [1.54, 1.807) is 12.1 Å². The minimum absolute atomic E-state index is 0.0681. The van der Waals surface area contributed by atoms with E-state index in [-0.39, 0.29) is 10.8 Å². The second kappa shape index (κ2) is 7.93. The summed E-state index contributed by atoms with van der Waals surface area (Å²) in [6, 6.07) is 10.6. The van der Waals surface area contributed by atoms with Crippen molar-refractivity contribution in [2.45, 2.75) is 55.9 Å². The summed E-state index contributed by atoms with van der Waals surface area (Å²) in [7, 11) is -3.77. The fourth-order valence-electron chi connectivity index (χ4n) is 5.53. The highest BCUT2D eigenvalue weighted by molar-refractivity contribution is 7.92. The molecule has 0 radical (unpaired) electrons. The first-order chi connectivity index (χ1) is 14.9. The Balaban J connectivity index is 1.40. The van der Waals surface area contributed by atoms with Crippen LogP contribution in [-0.4, -0.2) is 38.4 Å². The number of piperidine rings is 1. The fraction of sp³-hybridized carbons (Fsp3) is 0.458. The number of sulfonamides is 1. The van der Waals surface area contributed by atoms with E-state index in [1.165, 1.54) is 42.1 Å². The highest BCUT2D eigenvalue weighted by Crippen LogP contribution is 2.37. The Morgan fingerprint density at radius 2 is 1.68 bits per heavy atom. The van der Waals surface area contributed by atoms with Gasteiger partial charge in [-0.1, -0.05) is 12.8 Å². The van der Waals surface area contributed by atoms with Gasteiger partial charge in [-0.2, -0.15) is 0 Å². The third kappa shape index (κ3) is 3.63. The van der Waals surface area contributed by atoms with E-state index in [2.05, 4.69) is 4.90 Å². The molecule has 1 amide bonds. The van der Waals surface area contributed by atoms with Crippen LogP contribution >= 0.6 is 0 Å². The summed E-state index contributed by atoms with van der Waals surface area (Å²) in [5.41, 5.74) is 2.12. The third-order valence-corrected chi connectivity index (χ3v) is 8.91. The molecule has 5 nitrogen and oxygen atoms in total. The quantitative estimate of drug-likeness (QED) is 0.709. The van der Waals surface area contributed by atoms with E-state index in [1.807, 2.05) is 6.07 Å². The lowest BCUT2D eigenvalue weighted by Gasteiger charge is -2.44.